The number of aliphatic hydroxyl groups excluding tert-OH is 1. The predicted octanol–water partition coefficient (Wildman–Crippen LogP) is 1.93. The fraction of sp³-hybridized carbons (Fsp3) is 0.882. The molecule has 0 bridgehead atoms. The van der Waals surface area contributed by atoms with Gasteiger partial charge in [-0.2, -0.15) is 0 Å². The van der Waals surface area contributed by atoms with E-state index >= 15 is 0 Å². The van der Waals surface area contributed by atoms with Crippen molar-refractivity contribution in [1.29, 1.82) is 0 Å². The van der Waals surface area contributed by atoms with Crippen molar-refractivity contribution >= 4 is 11.9 Å². The predicted molar refractivity (Wildman–Crippen MR) is 94.5 cm³/mol. The van der Waals surface area contributed by atoms with Crippen LogP contribution in [0, 0.1) is 11.8 Å². The molecule has 0 aliphatic heterocycles. The zero-order chi connectivity index (χ0) is 17.5. The zero-order valence-corrected chi connectivity index (χ0v) is 15.2. The van der Waals surface area contributed by atoms with Gasteiger partial charge in [-0.25, -0.2) is 0 Å². The second-order valence-electron chi connectivity index (χ2n) is 6.06. The highest BCUT2D eigenvalue weighted by Gasteiger charge is 2.10. The smallest absolute Gasteiger partial charge is 0.305 e. The van der Waals surface area contributed by atoms with Gasteiger partial charge in [0.05, 0.1) is 6.61 Å². The van der Waals surface area contributed by atoms with Crippen molar-refractivity contribution in [2.24, 2.45) is 16.8 Å². The quantitative estimate of drug-likeness (QED) is 0.221. The van der Waals surface area contributed by atoms with E-state index in [1.165, 1.54) is 0 Å². The summed E-state index contributed by atoms with van der Waals surface area (Å²) >= 11 is 0. The number of aliphatic hydroxyl groups is 1. The number of rotatable bonds is 12. The lowest BCUT2D eigenvalue weighted by atomic mass is 9.94. The fourth-order valence-electron chi connectivity index (χ4n) is 2.37. The fourth-order valence-corrected chi connectivity index (χ4v) is 2.37. The van der Waals surface area contributed by atoms with Crippen LogP contribution in [0.5, 0.6) is 0 Å². The first kappa shape index (κ1) is 21.7. The monoisotopic (exact) mass is 329 g/mol. The van der Waals surface area contributed by atoms with Gasteiger partial charge in [0.2, 0.25) is 0 Å². The molecule has 0 aliphatic rings. The van der Waals surface area contributed by atoms with Gasteiger partial charge in [-0.3, -0.25) is 9.79 Å². The molecule has 6 heteroatoms. The lowest BCUT2D eigenvalue weighted by molar-refractivity contribution is -0.143. The number of hydrogen-bond donors (Lipinski definition) is 3. The second kappa shape index (κ2) is 14.3. The average Bonchev–Trinajstić information content (AvgIpc) is 2.48. The van der Waals surface area contributed by atoms with E-state index in [9.17, 15) is 4.79 Å². The van der Waals surface area contributed by atoms with Crippen LogP contribution in [0.3, 0.4) is 0 Å². The summed E-state index contributed by atoms with van der Waals surface area (Å²) in [5, 5.41) is 15.6. The molecule has 3 N–H and O–H groups in total. The minimum Gasteiger partial charge on any atom is -0.466 e. The average molecular weight is 329 g/mol. The third-order valence-electron chi connectivity index (χ3n) is 3.35. The van der Waals surface area contributed by atoms with Gasteiger partial charge < -0.3 is 20.5 Å². The van der Waals surface area contributed by atoms with Crippen LogP contribution < -0.4 is 10.6 Å². The molecule has 136 valence electrons. The Morgan fingerprint density at radius 3 is 2.57 bits per heavy atom. The maximum absolute atomic E-state index is 11.3. The van der Waals surface area contributed by atoms with Crippen LogP contribution in [0.1, 0.15) is 53.4 Å². The zero-order valence-electron chi connectivity index (χ0n) is 15.2. The molecule has 0 saturated carbocycles. The summed E-state index contributed by atoms with van der Waals surface area (Å²) in [5.41, 5.74) is 0. The van der Waals surface area contributed by atoms with Gasteiger partial charge in [-0.05, 0) is 44.9 Å². The maximum Gasteiger partial charge on any atom is 0.305 e. The molecule has 0 saturated heterocycles. The standard InChI is InChI=1S/C17H35N3O3/c1-5-18-17(19-10-7-8-16(22)23-6-2)20-13-15(9-11-21)12-14(3)4/h14-15,21H,5-13H2,1-4H3,(H2,18,19,20). The van der Waals surface area contributed by atoms with Crippen molar-refractivity contribution in [2.45, 2.75) is 53.4 Å². The first-order valence-corrected chi connectivity index (χ1v) is 8.82. The van der Waals surface area contributed by atoms with Gasteiger partial charge >= 0.3 is 5.97 Å². The SMILES string of the molecule is CCNC(=NCC(CCO)CC(C)C)NCCCC(=O)OCC. The van der Waals surface area contributed by atoms with Crippen molar-refractivity contribution in [1.82, 2.24) is 10.6 Å². The summed E-state index contributed by atoms with van der Waals surface area (Å²) in [7, 11) is 0. The Bertz CT molecular complexity index is 333. The molecule has 0 heterocycles. The van der Waals surface area contributed by atoms with Crippen molar-refractivity contribution in [3.8, 4) is 0 Å². The molecular formula is C17H35N3O3. The van der Waals surface area contributed by atoms with Crippen LogP contribution in [0.15, 0.2) is 4.99 Å². The largest absolute Gasteiger partial charge is 0.466 e. The summed E-state index contributed by atoms with van der Waals surface area (Å²) in [6.45, 7) is 11.0. The van der Waals surface area contributed by atoms with E-state index < -0.39 is 0 Å². The first-order chi connectivity index (χ1) is 11.0. The molecule has 0 aromatic heterocycles. The molecule has 23 heavy (non-hydrogen) atoms. The number of nitrogens with one attached hydrogen (secondary N) is 2. The number of esters is 1. The van der Waals surface area contributed by atoms with Crippen LogP contribution >= 0.6 is 0 Å². The van der Waals surface area contributed by atoms with Gasteiger partial charge in [0, 0.05) is 32.7 Å². The van der Waals surface area contributed by atoms with E-state index in [2.05, 4.69) is 29.5 Å². The van der Waals surface area contributed by atoms with Crippen molar-refractivity contribution in [3.63, 3.8) is 0 Å². The van der Waals surface area contributed by atoms with Crippen LogP contribution in [0.2, 0.25) is 0 Å². The maximum atomic E-state index is 11.3. The van der Waals surface area contributed by atoms with Gasteiger partial charge in [-0.1, -0.05) is 13.8 Å². The highest BCUT2D eigenvalue weighted by atomic mass is 16.5. The number of hydrogen-bond acceptors (Lipinski definition) is 4. The van der Waals surface area contributed by atoms with Gasteiger partial charge in [-0.15, -0.1) is 0 Å². The second-order valence-corrected chi connectivity index (χ2v) is 6.06. The lowest BCUT2D eigenvalue weighted by Gasteiger charge is -2.17. The first-order valence-electron chi connectivity index (χ1n) is 8.82. The van der Waals surface area contributed by atoms with Gasteiger partial charge in [0.15, 0.2) is 5.96 Å². The number of guanidine groups is 1. The molecule has 1 atom stereocenters. The van der Waals surface area contributed by atoms with Crippen molar-refractivity contribution < 1.29 is 14.6 Å². The number of aliphatic imine (C=N–C) groups is 1. The van der Waals surface area contributed by atoms with Crippen molar-refractivity contribution in [3.05, 3.63) is 0 Å². The summed E-state index contributed by atoms with van der Waals surface area (Å²) in [6.07, 6.45) is 2.98. The highest BCUT2D eigenvalue weighted by molar-refractivity contribution is 5.79. The molecule has 0 aromatic carbocycles. The number of nitrogens with zero attached hydrogens (tertiary/aromatic N) is 1. The van der Waals surface area contributed by atoms with E-state index in [1.54, 1.807) is 0 Å². The molecular weight excluding hydrogens is 294 g/mol. The molecule has 6 nitrogen and oxygen atoms in total. The van der Waals surface area contributed by atoms with Crippen LogP contribution in [0.25, 0.3) is 0 Å². The Morgan fingerprint density at radius 1 is 1.26 bits per heavy atom. The van der Waals surface area contributed by atoms with Crippen LogP contribution in [-0.4, -0.2) is 49.9 Å². The van der Waals surface area contributed by atoms with Gasteiger partial charge in [0.1, 0.15) is 0 Å². The lowest BCUT2D eigenvalue weighted by Crippen LogP contribution is -2.38. The molecule has 0 rings (SSSR count). The van der Waals surface area contributed by atoms with Crippen LogP contribution in [-0.2, 0) is 9.53 Å². The van der Waals surface area contributed by atoms with Crippen molar-refractivity contribution in [2.75, 3.05) is 32.8 Å². The Labute approximate surface area is 141 Å². The Balaban J connectivity index is 4.26. The molecule has 0 spiro atoms. The molecule has 0 aromatic rings. The van der Waals surface area contributed by atoms with E-state index in [-0.39, 0.29) is 12.6 Å². The van der Waals surface area contributed by atoms with E-state index in [1.807, 2.05) is 13.8 Å². The highest BCUT2D eigenvalue weighted by Crippen LogP contribution is 2.15. The third kappa shape index (κ3) is 12.9. The minimum atomic E-state index is -0.156. The number of ether oxygens (including phenoxy) is 1. The number of carbonyl (C=O) groups is 1. The topological polar surface area (TPSA) is 83.0 Å². The number of carbonyl (C=O) groups excluding carboxylic acids is 1. The minimum absolute atomic E-state index is 0.156. The van der Waals surface area contributed by atoms with Crippen LogP contribution in [0.4, 0.5) is 0 Å². The Morgan fingerprint density at radius 2 is 2.00 bits per heavy atom. The van der Waals surface area contributed by atoms with E-state index in [4.69, 9.17) is 9.84 Å². The Hall–Kier alpha value is -1.30. The van der Waals surface area contributed by atoms with Gasteiger partial charge in [0.25, 0.3) is 0 Å². The summed E-state index contributed by atoms with van der Waals surface area (Å²) in [5.74, 6) is 1.61. The normalized spacial score (nSPS) is 13.0. The molecule has 0 fully saturated rings. The summed E-state index contributed by atoms with van der Waals surface area (Å²) in [6, 6.07) is 0. The van der Waals surface area contributed by atoms with E-state index in [0.717, 1.165) is 31.8 Å². The third-order valence-corrected chi connectivity index (χ3v) is 3.35. The molecule has 0 amide bonds. The Kier molecular flexibility index (Phi) is 13.5. The van der Waals surface area contributed by atoms with E-state index in [0.29, 0.717) is 38.0 Å². The molecule has 0 radical (unpaired) electrons. The summed E-state index contributed by atoms with van der Waals surface area (Å²) < 4.78 is 4.90. The summed E-state index contributed by atoms with van der Waals surface area (Å²) in [4.78, 5) is 15.9. The molecule has 0 aliphatic carbocycles. The molecule has 1 unspecified atom stereocenters.